The van der Waals surface area contributed by atoms with E-state index in [4.69, 9.17) is 14.2 Å². The number of carbonyl (C=O) groups is 7. The van der Waals surface area contributed by atoms with E-state index in [-0.39, 0.29) is 95.4 Å². The van der Waals surface area contributed by atoms with Crippen LogP contribution in [0, 0.1) is 12.3 Å². The van der Waals surface area contributed by atoms with Crippen LogP contribution in [0.1, 0.15) is 52.5 Å². The molecular weight excluding hydrogens is 731 g/mol. The lowest BCUT2D eigenvalue weighted by molar-refractivity contribution is -0.137. The second kappa shape index (κ2) is 19.0. The molecule has 15 nitrogen and oxygen atoms in total. The molecule has 0 unspecified atom stereocenters. The molecule has 0 spiro atoms. The Morgan fingerprint density at radius 1 is 0.855 bits per heavy atom. The monoisotopic (exact) mass is 779 g/mol. The second-order valence-corrected chi connectivity index (χ2v) is 15.2. The summed E-state index contributed by atoms with van der Waals surface area (Å²) in [6.45, 7) is 11.6. The van der Waals surface area contributed by atoms with Gasteiger partial charge in [0, 0.05) is 98.5 Å². The molecule has 0 radical (unpaired) electrons. The summed E-state index contributed by atoms with van der Waals surface area (Å²) >= 11 is 1.48. The average molecular weight is 780 g/mol. The Bertz CT molecular complexity index is 1930. The fourth-order valence-electron chi connectivity index (χ4n) is 6.16. The standard InChI is InChI=1S/C39H49N5O10S/c1-24-25(2)37(50)35(26(3)36(24)49)39(5,6)23-34(48)42(7)15-16-43(38(51)54-28-8-9-29-30(22-28)55-27(4)41-29)17-19-53-21-20-52-18-12-31(45)40-13-14-44-32(46)10-11-33(44)47/h8-11,22H,12-21,23H2,1-7H3,(H,40,45). The Kier molecular flexibility index (Phi) is 14.7. The predicted molar refractivity (Wildman–Crippen MR) is 204 cm³/mol. The molecular formula is C39H49N5O10S. The summed E-state index contributed by atoms with van der Waals surface area (Å²) in [5.41, 5.74) is 1.39. The number of thiazole rings is 1. The van der Waals surface area contributed by atoms with Crippen LogP contribution in [-0.2, 0) is 38.2 Å². The third kappa shape index (κ3) is 11.2. The van der Waals surface area contributed by atoms with E-state index in [2.05, 4.69) is 10.3 Å². The number of allylic oxidation sites excluding steroid dienone is 4. The van der Waals surface area contributed by atoms with Crippen LogP contribution in [0.4, 0.5) is 4.79 Å². The minimum absolute atomic E-state index is 0.0245. The predicted octanol–water partition coefficient (Wildman–Crippen LogP) is 3.55. The SMILES string of the molecule is CC1=C(C)C(=O)C(C(C)(C)CC(=O)N(C)CCN(CCOCCOCCC(=O)NCCN2C(=O)C=CC2=O)C(=O)Oc2ccc3nc(C)sc3c2)=C(C)C1=O. The Morgan fingerprint density at radius 2 is 1.51 bits per heavy atom. The molecule has 55 heavy (non-hydrogen) atoms. The number of amides is 5. The number of nitrogens with zero attached hydrogens (tertiary/aromatic N) is 4. The van der Waals surface area contributed by atoms with E-state index in [0.29, 0.717) is 28.0 Å². The number of hydrogen-bond acceptors (Lipinski definition) is 12. The van der Waals surface area contributed by atoms with Crippen LogP contribution in [0.25, 0.3) is 10.2 Å². The smallest absolute Gasteiger partial charge is 0.410 e. The van der Waals surface area contributed by atoms with Gasteiger partial charge in [0.15, 0.2) is 11.6 Å². The third-order valence-corrected chi connectivity index (χ3v) is 10.4. The van der Waals surface area contributed by atoms with Gasteiger partial charge < -0.3 is 29.3 Å². The van der Waals surface area contributed by atoms with Crippen LogP contribution in [0.3, 0.4) is 0 Å². The molecule has 1 aliphatic carbocycles. The zero-order valence-corrected chi connectivity index (χ0v) is 33.3. The number of imide groups is 1. The van der Waals surface area contributed by atoms with Crippen LogP contribution < -0.4 is 10.1 Å². The number of ether oxygens (including phenoxy) is 3. The van der Waals surface area contributed by atoms with Gasteiger partial charge in [0.25, 0.3) is 11.8 Å². The van der Waals surface area contributed by atoms with Gasteiger partial charge in [-0.3, -0.25) is 33.7 Å². The lowest BCUT2D eigenvalue weighted by Gasteiger charge is -2.33. The first-order valence-electron chi connectivity index (χ1n) is 18.0. The zero-order chi connectivity index (χ0) is 40.4. The van der Waals surface area contributed by atoms with Crippen molar-refractivity contribution in [3.05, 3.63) is 57.7 Å². The minimum atomic E-state index is -0.912. The lowest BCUT2D eigenvalue weighted by Crippen LogP contribution is -2.43. The molecule has 1 N–H and O–H groups in total. The molecule has 2 aliphatic rings. The first kappa shape index (κ1) is 42.7. The molecule has 296 valence electrons. The maximum absolute atomic E-state index is 13.5. The van der Waals surface area contributed by atoms with Gasteiger partial charge in [-0.05, 0) is 39.8 Å². The van der Waals surface area contributed by atoms with Gasteiger partial charge in [-0.1, -0.05) is 13.8 Å². The zero-order valence-electron chi connectivity index (χ0n) is 32.4. The fourth-order valence-corrected chi connectivity index (χ4v) is 7.01. The molecule has 1 aromatic carbocycles. The highest BCUT2D eigenvalue weighted by Crippen LogP contribution is 2.39. The van der Waals surface area contributed by atoms with Crippen LogP contribution in [0.2, 0.25) is 0 Å². The highest BCUT2D eigenvalue weighted by Gasteiger charge is 2.39. The van der Waals surface area contributed by atoms with Crippen molar-refractivity contribution in [1.82, 2.24) is 25.0 Å². The summed E-state index contributed by atoms with van der Waals surface area (Å²) in [5.74, 6) is -1.44. The number of hydrogen-bond donors (Lipinski definition) is 1. The molecule has 0 fully saturated rings. The maximum atomic E-state index is 13.5. The molecule has 16 heteroatoms. The molecule has 0 saturated carbocycles. The molecule has 0 atom stereocenters. The molecule has 1 aliphatic heterocycles. The van der Waals surface area contributed by atoms with Gasteiger partial charge >= 0.3 is 6.09 Å². The summed E-state index contributed by atoms with van der Waals surface area (Å²) in [6, 6.07) is 5.20. The van der Waals surface area contributed by atoms with E-state index in [0.717, 1.165) is 20.1 Å². The first-order valence-corrected chi connectivity index (χ1v) is 18.8. The molecule has 1 aromatic heterocycles. The fraction of sp³-hybridized carbons (Fsp3) is 0.487. The van der Waals surface area contributed by atoms with Crippen molar-refractivity contribution in [1.29, 1.82) is 0 Å². The largest absolute Gasteiger partial charge is 0.415 e. The maximum Gasteiger partial charge on any atom is 0.415 e. The van der Waals surface area contributed by atoms with Crippen molar-refractivity contribution in [3.8, 4) is 5.75 Å². The number of likely N-dealkylation sites (N-methyl/N-ethyl adjacent to an activating group) is 1. The number of aryl methyl sites for hydroxylation is 1. The second-order valence-electron chi connectivity index (χ2n) is 14.0. The van der Waals surface area contributed by atoms with Crippen LogP contribution >= 0.6 is 11.3 Å². The molecule has 5 amide bonds. The van der Waals surface area contributed by atoms with E-state index < -0.39 is 23.3 Å². The highest BCUT2D eigenvalue weighted by atomic mass is 32.1. The van der Waals surface area contributed by atoms with Crippen molar-refractivity contribution in [2.24, 2.45) is 5.41 Å². The van der Waals surface area contributed by atoms with Crippen molar-refractivity contribution >= 4 is 62.8 Å². The highest BCUT2D eigenvalue weighted by molar-refractivity contribution is 7.18. The number of aromatic nitrogens is 1. The van der Waals surface area contributed by atoms with E-state index >= 15 is 0 Å². The lowest BCUT2D eigenvalue weighted by atomic mass is 9.71. The van der Waals surface area contributed by atoms with E-state index in [1.807, 2.05) is 6.92 Å². The molecule has 2 aromatic rings. The number of fused-ring (bicyclic) bond motifs is 1. The number of benzene rings is 1. The van der Waals surface area contributed by atoms with E-state index in [1.165, 1.54) is 33.3 Å². The Labute approximate surface area is 324 Å². The van der Waals surface area contributed by atoms with Crippen molar-refractivity contribution in [3.63, 3.8) is 0 Å². The number of Topliss-reactive ketones (excluding diaryl/α,β-unsaturated/α-hetero) is 2. The molecule has 2 heterocycles. The average Bonchev–Trinajstić information content (AvgIpc) is 3.66. The quantitative estimate of drug-likeness (QED) is 0.125. The summed E-state index contributed by atoms with van der Waals surface area (Å²) in [4.78, 5) is 96.6. The number of rotatable bonds is 19. The van der Waals surface area contributed by atoms with Gasteiger partial charge in [0.05, 0.1) is 41.7 Å². The summed E-state index contributed by atoms with van der Waals surface area (Å²) in [7, 11) is 1.62. The topological polar surface area (TPSA) is 182 Å². The Balaban J connectivity index is 1.26. The summed E-state index contributed by atoms with van der Waals surface area (Å²) in [6.07, 6.45) is 1.80. The third-order valence-electron chi connectivity index (χ3n) is 9.43. The molecule has 0 saturated heterocycles. The Hall–Kier alpha value is -5.06. The van der Waals surface area contributed by atoms with Gasteiger partial charge in [-0.15, -0.1) is 11.3 Å². The number of ketones is 2. The van der Waals surface area contributed by atoms with Crippen molar-refractivity contribution < 1.29 is 47.8 Å². The van der Waals surface area contributed by atoms with Gasteiger partial charge in [-0.25, -0.2) is 9.78 Å². The van der Waals surface area contributed by atoms with Crippen LogP contribution in [0.15, 0.2) is 52.6 Å². The van der Waals surface area contributed by atoms with Gasteiger partial charge in [-0.2, -0.15) is 0 Å². The van der Waals surface area contributed by atoms with Gasteiger partial charge in [0.1, 0.15) is 5.75 Å². The summed E-state index contributed by atoms with van der Waals surface area (Å²) in [5, 5.41) is 3.53. The van der Waals surface area contributed by atoms with Crippen molar-refractivity contribution in [2.75, 3.05) is 66.2 Å². The molecule has 4 rings (SSSR count). The first-order chi connectivity index (χ1) is 26.0. The number of nitrogens with one attached hydrogen (secondary N) is 1. The normalized spacial score (nSPS) is 14.8. The summed E-state index contributed by atoms with van der Waals surface area (Å²) < 4.78 is 17.8. The van der Waals surface area contributed by atoms with E-state index in [1.54, 1.807) is 59.9 Å². The van der Waals surface area contributed by atoms with Crippen molar-refractivity contribution in [2.45, 2.75) is 54.4 Å². The van der Waals surface area contributed by atoms with Crippen LogP contribution in [0.5, 0.6) is 5.75 Å². The van der Waals surface area contributed by atoms with Crippen LogP contribution in [-0.4, -0.2) is 127 Å². The van der Waals surface area contributed by atoms with Gasteiger partial charge in [0.2, 0.25) is 11.8 Å². The minimum Gasteiger partial charge on any atom is -0.410 e. The van der Waals surface area contributed by atoms with E-state index in [9.17, 15) is 33.6 Å². The number of carbonyl (C=O) groups excluding carboxylic acids is 7. The molecule has 0 bridgehead atoms. The Morgan fingerprint density at radius 3 is 2.20 bits per heavy atom.